The Bertz CT molecular complexity index is 1200. The summed E-state index contributed by atoms with van der Waals surface area (Å²) >= 11 is 0. The Morgan fingerprint density at radius 1 is 1.06 bits per heavy atom. The molecule has 0 spiro atoms. The normalized spacial score (nSPS) is 16.1. The highest BCUT2D eigenvalue weighted by Crippen LogP contribution is 2.39. The highest BCUT2D eigenvalue weighted by atomic mass is 19.1. The van der Waals surface area contributed by atoms with Crippen molar-refractivity contribution < 1.29 is 13.5 Å². The summed E-state index contributed by atoms with van der Waals surface area (Å²) in [6.07, 6.45) is 4.36. The standard InChI is InChI=1S/C26H30F2N6O/c1-17(2)34-10-11-35-26-21(27)12-18(13-23(26)34)25-22(28)16-31-24(32-25)15-19-14-20(4-6-30-19)33-8-3-5-29-7-9-33/h4,6,12-14,16-17,29H,3,5,7-11,15H2,1-2H3. The molecule has 3 aromatic rings. The largest absolute Gasteiger partial charge is 0.486 e. The van der Waals surface area contributed by atoms with Crippen molar-refractivity contribution in [3.63, 3.8) is 0 Å². The second kappa shape index (κ2) is 10.1. The minimum atomic E-state index is -0.597. The molecule has 2 aliphatic heterocycles. The summed E-state index contributed by atoms with van der Waals surface area (Å²) in [5.74, 6) is -0.491. The lowest BCUT2D eigenvalue weighted by molar-refractivity contribution is 0.287. The Labute approximate surface area is 204 Å². The van der Waals surface area contributed by atoms with Gasteiger partial charge >= 0.3 is 0 Å². The molecule has 1 N–H and O–H groups in total. The molecule has 2 aliphatic rings. The first-order valence-electron chi connectivity index (χ1n) is 12.1. The van der Waals surface area contributed by atoms with E-state index in [1.165, 1.54) is 6.07 Å². The molecule has 5 rings (SSSR count). The number of pyridine rings is 1. The van der Waals surface area contributed by atoms with E-state index in [0.29, 0.717) is 36.6 Å². The van der Waals surface area contributed by atoms with Gasteiger partial charge in [-0.2, -0.15) is 0 Å². The molecule has 1 aromatic carbocycles. The van der Waals surface area contributed by atoms with Gasteiger partial charge in [0.1, 0.15) is 18.1 Å². The zero-order chi connectivity index (χ0) is 24.4. The molecule has 1 fully saturated rings. The molecule has 4 heterocycles. The molecule has 0 aliphatic carbocycles. The maximum atomic E-state index is 14.9. The van der Waals surface area contributed by atoms with Crippen molar-refractivity contribution in [3.8, 4) is 17.0 Å². The quantitative estimate of drug-likeness (QED) is 0.596. The SMILES string of the molecule is CC(C)N1CCOc2c(F)cc(-c3nc(Cc4cc(N5CCCNCC5)ccn4)ncc3F)cc21. The number of halogens is 2. The minimum absolute atomic E-state index is 0.0701. The first kappa shape index (κ1) is 23.4. The minimum Gasteiger partial charge on any atom is -0.486 e. The Kier molecular flexibility index (Phi) is 6.77. The van der Waals surface area contributed by atoms with Crippen molar-refractivity contribution in [3.05, 3.63) is 59.8 Å². The Hall–Kier alpha value is -3.33. The molecule has 184 valence electrons. The van der Waals surface area contributed by atoms with Crippen LogP contribution in [0.1, 0.15) is 31.8 Å². The molecular weight excluding hydrogens is 450 g/mol. The topological polar surface area (TPSA) is 66.4 Å². The third kappa shape index (κ3) is 5.05. The summed E-state index contributed by atoms with van der Waals surface area (Å²) in [7, 11) is 0. The number of ether oxygens (including phenoxy) is 1. The molecule has 0 saturated carbocycles. The number of aromatic nitrogens is 3. The van der Waals surface area contributed by atoms with Crippen molar-refractivity contribution in [2.45, 2.75) is 32.7 Å². The van der Waals surface area contributed by atoms with E-state index in [4.69, 9.17) is 4.74 Å². The van der Waals surface area contributed by atoms with Gasteiger partial charge in [0.15, 0.2) is 17.4 Å². The molecule has 0 amide bonds. The fraction of sp³-hybridized carbons (Fsp3) is 0.423. The van der Waals surface area contributed by atoms with Crippen LogP contribution in [0.4, 0.5) is 20.2 Å². The Morgan fingerprint density at radius 3 is 2.80 bits per heavy atom. The van der Waals surface area contributed by atoms with E-state index in [-0.39, 0.29) is 17.5 Å². The molecule has 0 unspecified atom stereocenters. The summed E-state index contributed by atoms with van der Waals surface area (Å²) in [6.45, 7) is 8.99. The van der Waals surface area contributed by atoms with Gasteiger partial charge in [0.05, 0.1) is 24.8 Å². The van der Waals surface area contributed by atoms with Crippen molar-refractivity contribution >= 4 is 11.4 Å². The van der Waals surface area contributed by atoms with Crippen LogP contribution in [0.2, 0.25) is 0 Å². The second-order valence-corrected chi connectivity index (χ2v) is 9.20. The molecule has 0 atom stereocenters. The predicted octanol–water partition coefficient (Wildman–Crippen LogP) is 3.81. The van der Waals surface area contributed by atoms with E-state index < -0.39 is 11.6 Å². The fourth-order valence-corrected chi connectivity index (χ4v) is 4.69. The van der Waals surface area contributed by atoms with Crippen LogP contribution >= 0.6 is 0 Å². The third-order valence-electron chi connectivity index (χ3n) is 6.45. The number of benzene rings is 1. The lowest BCUT2D eigenvalue weighted by Gasteiger charge is -2.34. The van der Waals surface area contributed by atoms with Crippen LogP contribution in [-0.2, 0) is 6.42 Å². The first-order valence-corrected chi connectivity index (χ1v) is 12.1. The predicted molar refractivity (Wildman–Crippen MR) is 132 cm³/mol. The molecule has 9 heteroatoms. The van der Waals surface area contributed by atoms with Crippen LogP contribution in [0, 0.1) is 11.6 Å². The van der Waals surface area contributed by atoms with Gasteiger partial charge in [-0.15, -0.1) is 0 Å². The molecule has 35 heavy (non-hydrogen) atoms. The van der Waals surface area contributed by atoms with E-state index in [1.807, 2.05) is 26.0 Å². The molecule has 2 aromatic heterocycles. The summed E-state index contributed by atoms with van der Waals surface area (Å²) in [4.78, 5) is 17.5. The van der Waals surface area contributed by atoms with Crippen LogP contribution in [0.25, 0.3) is 11.3 Å². The summed E-state index contributed by atoms with van der Waals surface area (Å²) in [6, 6.07) is 7.22. The Morgan fingerprint density at radius 2 is 1.94 bits per heavy atom. The smallest absolute Gasteiger partial charge is 0.178 e. The maximum absolute atomic E-state index is 14.9. The van der Waals surface area contributed by atoms with Crippen molar-refractivity contribution in [1.82, 2.24) is 20.3 Å². The van der Waals surface area contributed by atoms with Gasteiger partial charge in [-0.05, 0) is 51.1 Å². The van der Waals surface area contributed by atoms with Gasteiger partial charge in [0.25, 0.3) is 0 Å². The zero-order valence-electron chi connectivity index (χ0n) is 20.1. The maximum Gasteiger partial charge on any atom is 0.178 e. The molecule has 7 nitrogen and oxygen atoms in total. The highest BCUT2D eigenvalue weighted by Gasteiger charge is 2.25. The summed E-state index contributed by atoms with van der Waals surface area (Å²) < 4.78 is 35.4. The van der Waals surface area contributed by atoms with Gasteiger partial charge in [-0.1, -0.05) is 0 Å². The van der Waals surface area contributed by atoms with Gasteiger partial charge in [-0.25, -0.2) is 18.7 Å². The van der Waals surface area contributed by atoms with Gasteiger partial charge in [0, 0.05) is 48.8 Å². The van der Waals surface area contributed by atoms with Crippen LogP contribution in [0.15, 0.2) is 36.7 Å². The number of rotatable bonds is 5. The lowest BCUT2D eigenvalue weighted by atomic mass is 10.1. The monoisotopic (exact) mass is 480 g/mol. The molecule has 0 bridgehead atoms. The van der Waals surface area contributed by atoms with Crippen LogP contribution in [0.3, 0.4) is 0 Å². The Balaban J connectivity index is 1.44. The van der Waals surface area contributed by atoms with E-state index in [1.54, 1.807) is 12.3 Å². The molecular formula is C26H30F2N6O. The number of nitrogens with zero attached hydrogens (tertiary/aromatic N) is 5. The lowest BCUT2D eigenvalue weighted by Crippen LogP contribution is -2.38. The molecule has 1 saturated heterocycles. The first-order chi connectivity index (χ1) is 17.0. The highest BCUT2D eigenvalue weighted by molar-refractivity contribution is 5.72. The van der Waals surface area contributed by atoms with Gasteiger partial charge < -0.3 is 19.9 Å². The third-order valence-corrected chi connectivity index (χ3v) is 6.45. The average Bonchev–Trinajstić information content (AvgIpc) is 3.15. The van der Waals surface area contributed by atoms with Crippen molar-refractivity contribution in [1.29, 1.82) is 0 Å². The summed E-state index contributed by atoms with van der Waals surface area (Å²) in [5, 5.41) is 3.41. The van der Waals surface area contributed by atoms with Crippen molar-refractivity contribution in [2.24, 2.45) is 0 Å². The van der Waals surface area contributed by atoms with Gasteiger partial charge in [0.2, 0.25) is 0 Å². The van der Waals surface area contributed by atoms with E-state index >= 15 is 0 Å². The number of hydrogen-bond donors (Lipinski definition) is 1. The fourth-order valence-electron chi connectivity index (χ4n) is 4.69. The number of nitrogens with one attached hydrogen (secondary N) is 1. The van der Waals surface area contributed by atoms with E-state index in [2.05, 4.69) is 30.1 Å². The van der Waals surface area contributed by atoms with Crippen LogP contribution < -0.4 is 19.9 Å². The summed E-state index contributed by atoms with van der Waals surface area (Å²) in [5.41, 5.74) is 2.94. The molecule has 0 radical (unpaired) electrons. The van der Waals surface area contributed by atoms with Crippen LogP contribution in [-0.4, -0.2) is 60.3 Å². The average molecular weight is 481 g/mol. The van der Waals surface area contributed by atoms with Crippen LogP contribution in [0.5, 0.6) is 5.75 Å². The van der Waals surface area contributed by atoms with Crippen molar-refractivity contribution in [2.75, 3.05) is 49.1 Å². The second-order valence-electron chi connectivity index (χ2n) is 9.20. The van der Waals surface area contributed by atoms with E-state index in [9.17, 15) is 8.78 Å². The number of fused-ring (bicyclic) bond motifs is 1. The number of anilines is 2. The van der Waals surface area contributed by atoms with E-state index in [0.717, 1.165) is 50.2 Å². The number of hydrogen-bond acceptors (Lipinski definition) is 7. The zero-order valence-corrected chi connectivity index (χ0v) is 20.1. The van der Waals surface area contributed by atoms with Gasteiger partial charge in [-0.3, -0.25) is 4.98 Å².